The molecule has 3 heteroatoms. The second-order valence-electron chi connectivity index (χ2n) is 5.75. The topological polar surface area (TPSA) is 40.5 Å². The number of carbonyl (C=O) groups excluding carboxylic acids is 1. The first-order chi connectivity index (χ1) is 6.32. The summed E-state index contributed by atoms with van der Waals surface area (Å²) in [4.78, 5) is 13.7. The Kier molecular flexibility index (Phi) is 1.94. The lowest BCUT2D eigenvalue weighted by atomic mass is 10.1. The van der Waals surface area contributed by atoms with Crippen LogP contribution in [0, 0.1) is 11.3 Å². The molecule has 1 aliphatic heterocycles. The summed E-state index contributed by atoms with van der Waals surface area (Å²) in [5.41, 5.74) is -0.458. The van der Waals surface area contributed by atoms with Gasteiger partial charge >= 0.3 is 0 Å². The Morgan fingerprint density at radius 1 is 1.43 bits per heavy atom. The maximum Gasteiger partial charge on any atom is 0.226 e. The summed E-state index contributed by atoms with van der Waals surface area (Å²) in [6.07, 6.45) is 1.72. The molecule has 2 atom stereocenters. The van der Waals surface area contributed by atoms with Crippen LogP contribution in [0.25, 0.3) is 0 Å². The first kappa shape index (κ1) is 9.97. The zero-order valence-electron chi connectivity index (χ0n) is 9.21. The summed E-state index contributed by atoms with van der Waals surface area (Å²) in [5.74, 6) is 0.448. The predicted octanol–water partition coefficient (Wildman–Crippen LogP) is 1.02. The van der Waals surface area contributed by atoms with E-state index in [2.05, 4.69) is 13.8 Å². The van der Waals surface area contributed by atoms with Gasteiger partial charge in [0.1, 0.15) is 0 Å². The molecule has 0 spiro atoms. The molecule has 1 saturated carbocycles. The van der Waals surface area contributed by atoms with Gasteiger partial charge in [0.05, 0.1) is 5.60 Å². The minimum Gasteiger partial charge on any atom is -0.388 e. The maximum atomic E-state index is 11.9. The van der Waals surface area contributed by atoms with Gasteiger partial charge < -0.3 is 10.0 Å². The van der Waals surface area contributed by atoms with Crippen molar-refractivity contribution in [2.45, 2.75) is 39.2 Å². The van der Waals surface area contributed by atoms with E-state index in [9.17, 15) is 9.90 Å². The minimum absolute atomic E-state index is 0.200. The molecule has 0 aromatic heterocycles. The lowest BCUT2D eigenvalue weighted by Crippen LogP contribution is -2.35. The van der Waals surface area contributed by atoms with Crippen molar-refractivity contribution in [1.29, 1.82) is 0 Å². The van der Waals surface area contributed by atoms with Gasteiger partial charge in [-0.2, -0.15) is 0 Å². The molecule has 2 rings (SSSR count). The molecule has 0 radical (unpaired) electrons. The minimum atomic E-state index is -0.658. The lowest BCUT2D eigenvalue weighted by molar-refractivity contribution is -0.133. The fraction of sp³-hybridized carbons (Fsp3) is 0.909. The fourth-order valence-corrected chi connectivity index (χ4v) is 2.24. The maximum absolute atomic E-state index is 11.9. The smallest absolute Gasteiger partial charge is 0.226 e. The van der Waals surface area contributed by atoms with Crippen LogP contribution >= 0.6 is 0 Å². The highest BCUT2D eigenvalue weighted by Gasteiger charge is 2.53. The van der Waals surface area contributed by atoms with E-state index in [1.807, 2.05) is 4.90 Å². The van der Waals surface area contributed by atoms with Crippen molar-refractivity contribution in [3.8, 4) is 0 Å². The van der Waals surface area contributed by atoms with Gasteiger partial charge in [0.25, 0.3) is 0 Å². The summed E-state index contributed by atoms with van der Waals surface area (Å²) in [5, 5.41) is 9.75. The van der Waals surface area contributed by atoms with Crippen molar-refractivity contribution in [3.05, 3.63) is 0 Å². The van der Waals surface area contributed by atoms with E-state index in [4.69, 9.17) is 0 Å². The zero-order valence-corrected chi connectivity index (χ0v) is 9.21. The molecule has 14 heavy (non-hydrogen) atoms. The van der Waals surface area contributed by atoms with Gasteiger partial charge in [-0.3, -0.25) is 4.79 Å². The van der Waals surface area contributed by atoms with Gasteiger partial charge in [-0.05, 0) is 25.2 Å². The number of β-amino-alcohol motifs (C(OH)–C–C–N with tert-alkyl or cyclic N) is 1. The lowest BCUT2D eigenvalue weighted by Gasteiger charge is -2.19. The van der Waals surface area contributed by atoms with Crippen LogP contribution in [-0.4, -0.2) is 34.6 Å². The molecule has 2 fully saturated rings. The van der Waals surface area contributed by atoms with Crippen molar-refractivity contribution in [1.82, 2.24) is 4.90 Å². The third kappa shape index (κ3) is 1.65. The molecule has 3 nitrogen and oxygen atoms in total. The van der Waals surface area contributed by atoms with Gasteiger partial charge in [-0.15, -0.1) is 0 Å². The molecule has 1 N–H and O–H groups in total. The molecule has 1 saturated heterocycles. The highest BCUT2D eigenvalue weighted by Crippen LogP contribution is 2.52. The molecule has 0 aromatic rings. The van der Waals surface area contributed by atoms with Crippen LogP contribution in [0.3, 0.4) is 0 Å². The van der Waals surface area contributed by atoms with Crippen LogP contribution in [0.1, 0.15) is 33.6 Å². The normalized spacial score (nSPS) is 40.0. The number of likely N-dealkylation sites (tertiary alicyclic amines) is 1. The Hall–Kier alpha value is -0.570. The average molecular weight is 197 g/mol. The van der Waals surface area contributed by atoms with E-state index in [0.717, 1.165) is 13.0 Å². The quantitative estimate of drug-likeness (QED) is 0.681. The molecular formula is C11H19NO2. The van der Waals surface area contributed by atoms with E-state index in [1.54, 1.807) is 6.92 Å². The second kappa shape index (κ2) is 2.72. The summed E-state index contributed by atoms with van der Waals surface area (Å²) in [6.45, 7) is 7.29. The van der Waals surface area contributed by atoms with Crippen molar-refractivity contribution < 1.29 is 9.90 Å². The Morgan fingerprint density at radius 2 is 2.00 bits per heavy atom. The molecule has 80 valence electrons. The summed E-state index contributed by atoms with van der Waals surface area (Å²) >= 11 is 0. The van der Waals surface area contributed by atoms with Gasteiger partial charge in [-0.25, -0.2) is 0 Å². The van der Waals surface area contributed by atoms with Crippen molar-refractivity contribution in [2.75, 3.05) is 13.1 Å². The van der Waals surface area contributed by atoms with Crippen molar-refractivity contribution in [2.24, 2.45) is 11.3 Å². The van der Waals surface area contributed by atoms with Crippen molar-refractivity contribution in [3.63, 3.8) is 0 Å². The molecule has 2 aliphatic rings. The predicted molar refractivity (Wildman–Crippen MR) is 53.7 cm³/mol. The number of carbonyl (C=O) groups is 1. The first-order valence-corrected chi connectivity index (χ1v) is 5.33. The van der Waals surface area contributed by atoms with Gasteiger partial charge in [0, 0.05) is 19.0 Å². The number of hydrogen-bond donors (Lipinski definition) is 1. The van der Waals surface area contributed by atoms with E-state index >= 15 is 0 Å². The molecule has 2 unspecified atom stereocenters. The third-order valence-electron chi connectivity index (χ3n) is 3.57. The van der Waals surface area contributed by atoms with Crippen LogP contribution in [0.5, 0.6) is 0 Å². The Balaban J connectivity index is 1.95. The summed E-state index contributed by atoms with van der Waals surface area (Å²) in [6, 6.07) is 0. The molecule has 1 amide bonds. The molecular weight excluding hydrogens is 178 g/mol. The Bertz CT molecular complexity index is 270. The van der Waals surface area contributed by atoms with Crippen LogP contribution in [-0.2, 0) is 4.79 Å². The number of amides is 1. The number of hydrogen-bond acceptors (Lipinski definition) is 2. The second-order valence-corrected chi connectivity index (χ2v) is 5.75. The fourth-order valence-electron chi connectivity index (χ4n) is 2.24. The Morgan fingerprint density at radius 3 is 2.36 bits per heavy atom. The van der Waals surface area contributed by atoms with Gasteiger partial charge in [-0.1, -0.05) is 13.8 Å². The standard InChI is InChI=1S/C11H19NO2/c1-10(2)6-8(10)9(13)12-5-4-11(3,14)7-12/h8,14H,4-7H2,1-3H3. The van der Waals surface area contributed by atoms with Crippen LogP contribution in [0.15, 0.2) is 0 Å². The van der Waals surface area contributed by atoms with Crippen LogP contribution in [0.2, 0.25) is 0 Å². The first-order valence-electron chi connectivity index (χ1n) is 5.33. The highest BCUT2D eigenvalue weighted by molar-refractivity contribution is 5.82. The zero-order chi connectivity index (χ0) is 10.6. The monoisotopic (exact) mass is 197 g/mol. The third-order valence-corrected chi connectivity index (χ3v) is 3.57. The van der Waals surface area contributed by atoms with E-state index in [0.29, 0.717) is 13.0 Å². The molecule has 0 aromatic carbocycles. The molecule has 1 aliphatic carbocycles. The Labute approximate surface area is 85.1 Å². The highest BCUT2D eigenvalue weighted by atomic mass is 16.3. The van der Waals surface area contributed by atoms with E-state index in [-0.39, 0.29) is 17.2 Å². The number of nitrogens with zero attached hydrogens (tertiary/aromatic N) is 1. The van der Waals surface area contributed by atoms with E-state index in [1.165, 1.54) is 0 Å². The van der Waals surface area contributed by atoms with Gasteiger partial charge in [0.15, 0.2) is 0 Å². The van der Waals surface area contributed by atoms with Crippen LogP contribution in [0.4, 0.5) is 0 Å². The largest absolute Gasteiger partial charge is 0.388 e. The van der Waals surface area contributed by atoms with Crippen molar-refractivity contribution >= 4 is 5.91 Å². The molecule has 1 heterocycles. The number of aliphatic hydroxyl groups is 1. The van der Waals surface area contributed by atoms with Gasteiger partial charge in [0.2, 0.25) is 5.91 Å². The van der Waals surface area contributed by atoms with Crippen LogP contribution < -0.4 is 0 Å². The molecule has 0 bridgehead atoms. The SMILES string of the molecule is CC1(O)CCN(C(=O)C2CC2(C)C)C1. The van der Waals surface area contributed by atoms with E-state index < -0.39 is 5.60 Å². The summed E-state index contributed by atoms with van der Waals surface area (Å²) < 4.78 is 0. The number of rotatable bonds is 1. The summed E-state index contributed by atoms with van der Waals surface area (Å²) in [7, 11) is 0. The average Bonchev–Trinajstić information content (AvgIpc) is 2.50.